The van der Waals surface area contributed by atoms with Crippen LogP contribution < -0.4 is 5.32 Å². The Kier molecular flexibility index (Phi) is 5.81. The predicted octanol–water partition coefficient (Wildman–Crippen LogP) is 2.35. The van der Waals surface area contributed by atoms with Crippen molar-refractivity contribution in [2.75, 3.05) is 13.2 Å². The summed E-state index contributed by atoms with van der Waals surface area (Å²) in [5.41, 5.74) is 0. The molecule has 2 atom stereocenters. The van der Waals surface area contributed by atoms with Crippen LogP contribution in [0.15, 0.2) is 0 Å². The molecule has 3 nitrogen and oxygen atoms in total. The van der Waals surface area contributed by atoms with E-state index in [4.69, 9.17) is 4.74 Å². The normalized spacial score (nSPS) is 25.0. The van der Waals surface area contributed by atoms with Crippen LogP contribution in [-0.2, 0) is 9.53 Å². The van der Waals surface area contributed by atoms with E-state index in [1.807, 2.05) is 6.92 Å². The predicted molar refractivity (Wildman–Crippen MR) is 65.2 cm³/mol. The molecule has 1 N–H and O–H groups in total. The zero-order valence-electron chi connectivity index (χ0n) is 10.8. The van der Waals surface area contributed by atoms with Crippen molar-refractivity contribution >= 4 is 5.97 Å². The molecule has 0 aliphatic heterocycles. The van der Waals surface area contributed by atoms with Crippen molar-refractivity contribution in [3.63, 3.8) is 0 Å². The quantitative estimate of drug-likeness (QED) is 0.708. The van der Waals surface area contributed by atoms with Crippen molar-refractivity contribution in [1.29, 1.82) is 0 Å². The minimum Gasteiger partial charge on any atom is -0.466 e. The van der Waals surface area contributed by atoms with E-state index in [-0.39, 0.29) is 11.9 Å². The van der Waals surface area contributed by atoms with Gasteiger partial charge in [-0.05, 0) is 38.6 Å². The fraction of sp³-hybridized carbons (Fsp3) is 0.923. The van der Waals surface area contributed by atoms with Crippen molar-refractivity contribution < 1.29 is 9.53 Å². The van der Waals surface area contributed by atoms with E-state index in [9.17, 15) is 4.79 Å². The molecule has 0 radical (unpaired) electrons. The van der Waals surface area contributed by atoms with Crippen LogP contribution in [0.4, 0.5) is 0 Å². The number of ether oxygens (including phenoxy) is 1. The fourth-order valence-electron chi connectivity index (χ4n) is 2.29. The van der Waals surface area contributed by atoms with Gasteiger partial charge in [-0.2, -0.15) is 0 Å². The molecule has 0 amide bonds. The van der Waals surface area contributed by atoms with Crippen LogP contribution in [0.1, 0.15) is 46.5 Å². The monoisotopic (exact) mass is 227 g/mol. The van der Waals surface area contributed by atoms with Gasteiger partial charge in [-0.1, -0.05) is 20.3 Å². The third-order valence-corrected chi connectivity index (χ3v) is 3.23. The number of hydrogen-bond donors (Lipinski definition) is 1. The lowest BCUT2D eigenvalue weighted by Gasteiger charge is -2.20. The van der Waals surface area contributed by atoms with Crippen LogP contribution in [0.2, 0.25) is 0 Å². The Hall–Kier alpha value is -0.570. The van der Waals surface area contributed by atoms with E-state index < -0.39 is 0 Å². The van der Waals surface area contributed by atoms with Gasteiger partial charge in [0.15, 0.2) is 0 Å². The average molecular weight is 227 g/mol. The van der Waals surface area contributed by atoms with Gasteiger partial charge in [0.1, 0.15) is 0 Å². The summed E-state index contributed by atoms with van der Waals surface area (Å²) in [5.74, 6) is 0.795. The lowest BCUT2D eigenvalue weighted by Crippen LogP contribution is -2.38. The molecule has 1 saturated carbocycles. The Bertz CT molecular complexity index is 216. The largest absolute Gasteiger partial charge is 0.466 e. The standard InChI is InChI=1S/C13H25NO2/c1-4-16-13(15)11-6-5-7-12(11)14-9-8-10(2)3/h10-12,14H,4-9H2,1-3H3/t11-,12-/m1/s1. The first kappa shape index (κ1) is 13.5. The minimum absolute atomic E-state index is 0.0120. The van der Waals surface area contributed by atoms with Crippen LogP contribution in [0.3, 0.4) is 0 Å². The van der Waals surface area contributed by atoms with Crippen molar-refractivity contribution in [2.45, 2.75) is 52.5 Å². The maximum Gasteiger partial charge on any atom is 0.310 e. The molecule has 1 rings (SSSR count). The Balaban J connectivity index is 2.31. The van der Waals surface area contributed by atoms with E-state index in [1.165, 1.54) is 6.42 Å². The van der Waals surface area contributed by atoms with Crippen LogP contribution in [0.25, 0.3) is 0 Å². The highest BCUT2D eigenvalue weighted by Crippen LogP contribution is 2.26. The van der Waals surface area contributed by atoms with Crippen molar-refractivity contribution in [3.05, 3.63) is 0 Å². The molecule has 16 heavy (non-hydrogen) atoms. The third-order valence-electron chi connectivity index (χ3n) is 3.23. The maximum atomic E-state index is 11.7. The van der Waals surface area contributed by atoms with Gasteiger partial charge in [-0.15, -0.1) is 0 Å². The Morgan fingerprint density at radius 3 is 2.81 bits per heavy atom. The lowest BCUT2D eigenvalue weighted by molar-refractivity contribution is -0.148. The second-order valence-corrected chi connectivity index (χ2v) is 5.03. The van der Waals surface area contributed by atoms with Gasteiger partial charge in [0.05, 0.1) is 12.5 Å². The first-order chi connectivity index (χ1) is 7.65. The summed E-state index contributed by atoms with van der Waals surface area (Å²) in [6.07, 6.45) is 4.41. The third kappa shape index (κ3) is 4.12. The molecule has 0 heterocycles. The van der Waals surface area contributed by atoms with Gasteiger partial charge < -0.3 is 10.1 Å². The number of hydrogen-bond acceptors (Lipinski definition) is 3. The molecule has 1 fully saturated rings. The van der Waals surface area contributed by atoms with Gasteiger partial charge >= 0.3 is 5.97 Å². The van der Waals surface area contributed by atoms with Gasteiger partial charge in [0.25, 0.3) is 0 Å². The molecule has 1 aliphatic rings. The molecule has 0 spiro atoms. The smallest absolute Gasteiger partial charge is 0.310 e. The molecule has 0 bridgehead atoms. The number of rotatable bonds is 6. The minimum atomic E-state index is -0.0120. The van der Waals surface area contributed by atoms with Crippen LogP contribution in [-0.4, -0.2) is 25.2 Å². The maximum absolute atomic E-state index is 11.7. The first-order valence-electron chi connectivity index (χ1n) is 6.55. The molecule has 0 saturated heterocycles. The van der Waals surface area contributed by atoms with Crippen molar-refractivity contribution in [2.24, 2.45) is 11.8 Å². The number of nitrogens with one attached hydrogen (secondary N) is 1. The first-order valence-corrected chi connectivity index (χ1v) is 6.55. The van der Waals surface area contributed by atoms with E-state index in [0.29, 0.717) is 12.6 Å². The molecule has 1 aliphatic carbocycles. The average Bonchev–Trinajstić information content (AvgIpc) is 2.66. The Morgan fingerprint density at radius 2 is 2.19 bits per heavy atom. The summed E-state index contributed by atoms with van der Waals surface area (Å²) < 4.78 is 5.10. The second-order valence-electron chi connectivity index (χ2n) is 5.03. The zero-order valence-corrected chi connectivity index (χ0v) is 10.8. The highest BCUT2D eigenvalue weighted by molar-refractivity contribution is 5.73. The van der Waals surface area contributed by atoms with Crippen LogP contribution >= 0.6 is 0 Å². The van der Waals surface area contributed by atoms with Crippen molar-refractivity contribution in [1.82, 2.24) is 5.32 Å². The van der Waals surface area contributed by atoms with Gasteiger partial charge in [-0.25, -0.2) is 0 Å². The van der Waals surface area contributed by atoms with E-state index in [0.717, 1.165) is 31.7 Å². The number of esters is 1. The topological polar surface area (TPSA) is 38.3 Å². The molecule has 94 valence electrons. The zero-order chi connectivity index (χ0) is 12.0. The van der Waals surface area contributed by atoms with E-state index in [2.05, 4.69) is 19.2 Å². The highest BCUT2D eigenvalue weighted by Gasteiger charge is 2.33. The summed E-state index contributed by atoms with van der Waals surface area (Å²) in [6, 6.07) is 0.345. The highest BCUT2D eigenvalue weighted by atomic mass is 16.5. The SMILES string of the molecule is CCOC(=O)[C@@H]1CCC[C@H]1NCCC(C)C. The number of carbonyl (C=O) groups excluding carboxylic acids is 1. The molecule has 0 unspecified atom stereocenters. The van der Waals surface area contributed by atoms with Gasteiger partial charge in [-0.3, -0.25) is 4.79 Å². The molecular weight excluding hydrogens is 202 g/mol. The molecular formula is C13H25NO2. The lowest BCUT2D eigenvalue weighted by atomic mass is 10.0. The Labute approximate surface area is 98.9 Å². The van der Waals surface area contributed by atoms with E-state index >= 15 is 0 Å². The summed E-state index contributed by atoms with van der Waals surface area (Å²) in [5, 5.41) is 3.50. The summed E-state index contributed by atoms with van der Waals surface area (Å²) in [7, 11) is 0. The number of carbonyl (C=O) groups is 1. The summed E-state index contributed by atoms with van der Waals surface area (Å²) >= 11 is 0. The molecule has 3 heteroatoms. The summed E-state index contributed by atoms with van der Waals surface area (Å²) in [4.78, 5) is 11.7. The van der Waals surface area contributed by atoms with E-state index in [1.54, 1.807) is 0 Å². The van der Waals surface area contributed by atoms with Gasteiger partial charge in [0, 0.05) is 6.04 Å². The van der Waals surface area contributed by atoms with Crippen LogP contribution in [0.5, 0.6) is 0 Å². The Morgan fingerprint density at radius 1 is 1.44 bits per heavy atom. The van der Waals surface area contributed by atoms with Crippen LogP contribution in [0, 0.1) is 11.8 Å². The fourth-order valence-corrected chi connectivity index (χ4v) is 2.29. The molecule has 0 aromatic rings. The van der Waals surface area contributed by atoms with Crippen molar-refractivity contribution in [3.8, 4) is 0 Å². The molecule has 0 aromatic carbocycles. The second kappa shape index (κ2) is 6.89. The molecule has 0 aromatic heterocycles. The van der Waals surface area contributed by atoms with Gasteiger partial charge in [0.2, 0.25) is 0 Å². The summed E-state index contributed by atoms with van der Waals surface area (Å²) in [6.45, 7) is 7.82.